The molecule has 1 aromatic heterocycles. The number of sulfonamides is 1. The van der Waals surface area contributed by atoms with Crippen LogP contribution in [0.4, 0.5) is 0 Å². The number of hydrogen-bond acceptors (Lipinski definition) is 5. The first-order valence-electron chi connectivity index (χ1n) is 7.29. The van der Waals surface area contributed by atoms with E-state index >= 15 is 0 Å². The van der Waals surface area contributed by atoms with E-state index < -0.39 is 10.0 Å². The Bertz CT molecular complexity index is 825. The van der Waals surface area contributed by atoms with Crippen LogP contribution in [-0.4, -0.2) is 48.1 Å². The fraction of sp³-hybridized carbons (Fsp3) is 0.429. The molecule has 1 aliphatic heterocycles. The van der Waals surface area contributed by atoms with Crippen LogP contribution < -0.4 is 10.4 Å². The minimum atomic E-state index is -3.57. The third kappa shape index (κ3) is 3.15. The predicted octanol–water partition coefficient (Wildman–Crippen LogP) is 0.675. The fourth-order valence-electron chi connectivity index (χ4n) is 2.76. The topological polar surface area (TPSA) is 108 Å². The van der Waals surface area contributed by atoms with Gasteiger partial charge >= 0.3 is 5.69 Å². The molecule has 0 saturated carbocycles. The van der Waals surface area contributed by atoms with Crippen LogP contribution in [0.25, 0.3) is 0 Å². The molecule has 0 bridgehead atoms. The number of hydrogen-bond donors (Lipinski definition) is 2. The number of H-pyrrole nitrogens is 2. The Kier molecular flexibility index (Phi) is 4.22. The fourth-order valence-corrected chi connectivity index (χ4v) is 4.28. The molecule has 2 heterocycles. The molecule has 3 rings (SSSR count). The monoisotopic (exact) mass is 338 g/mol. The van der Waals surface area contributed by atoms with Crippen LogP contribution in [0.15, 0.2) is 34.0 Å². The lowest BCUT2D eigenvalue weighted by molar-refractivity contribution is 0.309. The quantitative estimate of drug-likeness (QED) is 0.852. The number of nitrogens with one attached hydrogen (secondary N) is 2. The molecule has 9 heteroatoms. The van der Waals surface area contributed by atoms with Gasteiger partial charge in [0.1, 0.15) is 11.6 Å². The number of ether oxygens (including phenoxy) is 1. The Morgan fingerprint density at radius 2 is 2.04 bits per heavy atom. The van der Waals surface area contributed by atoms with Crippen molar-refractivity contribution < 1.29 is 13.2 Å². The van der Waals surface area contributed by atoms with Crippen LogP contribution in [0.5, 0.6) is 5.75 Å². The highest BCUT2D eigenvalue weighted by molar-refractivity contribution is 7.89. The van der Waals surface area contributed by atoms with E-state index in [-0.39, 0.29) is 16.5 Å². The summed E-state index contributed by atoms with van der Waals surface area (Å²) in [6.07, 6.45) is 1.50. The second-order valence-electron chi connectivity index (χ2n) is 5.44. The molecule has 2 N–H and O–H groups in total. The SMILES string of the molecule is COc1ccc(S(=O)(=O)N2CCCC(c3n[nH]c(=O)[nH]3)C2)cc1. The van der Waals surface area contributed by atoms with E-state index in [2.05, 4.69) is 15.2 Å². The van der Waals surface area contributed by atoms with Gasteiger partial charge in [-0.3, -0.25) is 4.98 Å². The normalized spacial score (nSPS) is 19.6. The second kappa shape index (κ2) is 6.17. The van der Waals surface area contributed by atoms with E-state index in [9.17, 15) is 13.2 Å². The van der Waals surface area contributed by atoms with E-state index in [1.165, 1.54) is 23.5 Å². The Balaban J connectivity index is 1.82. The number of aromatic nitrogens is 3. The van der Waals surface area contributed by atoms with Crippen molar-refractivity contribution in [3.63, 3.8) is 0 Å². The van der Waals surface area contributed by atoms with E-state index in [1.54, 1.807) is 12.1 Å². The van der Waals surface area contributed by atoms with Gasteiger partial charge in [-0.15, -0.1) is 0 Å². The van der Waals surface area contributed by atoms with Crippen molar-refractivity contribution in [1.82, 2.24) is 19.5 Å². The number of piperidine rings is 1. The molecule has 0 aliphatic carbocycles. The first kappa shape index (κ1) is 15.8. The van der Waals surface area contributed by atoms with Crippen molar-refractivity contribution in [3.05, 3.63) is 40.6 Å². The minimum Gasteiger partial charge on any atom is -0.497 e. The maximum absolute atomic E-state index is 12.8. The van der Waals surface area contributed by atoms with E-state index in [0.717, 1.165) is 12.8 Å². The van der Waals surface area contributed by atoms with Crippen LogP contribution in [0.2, 0.25) is 0 Å². The largest absolute Gasteiger partial charge is 0.497 e. The van der Waals surface area contributed by atoms with Crippen molar-refractivity contribution >= 4 is 10.0 Å². The first-order valence-corrected chi connectivity index (χ1v) is 8.73. The van der Waals surface area contributed by atoms with Gasteiger partial charge in [-0.1, -0.05) is 0 Å². The smallest absolute Gasteiger partial charge is 0.340 e. The number of rotatable bonds is 4. The molecule has 1 atom stereocenters. The van der Waals surface area contributed by atoms with Gasteiger partial charge in [0.2, 0.25) is 10.0 Å². The summed E-state index contributed by atoms with van der Waals surface area (Å²) in [6, 6.07) is 6.32. The van der Waals surface area contributed by atoms with Gasteiger partial charge in [0.05, 0.1) is 12.0 Å². The molecular weight excluding hydrogens is 320 g/mol. The summed E-state index contributed by atoms with van der Waals surface area (Å²) < 4.78 is 32.0. The summed E-state index contributed by atoms with van der Waals surface area (Å²) in [5, 5.41) is 6.24. The van der Waals surface area contributed by atoms with Gasteiger partial charge in [0.15, 0.2) is 0 Å². The van der Waals surface area contributed by atoms with Gasteiger partial charge in [0, 0.05) is 19.0 Å². The lowest BCUT2D eigenvalue weighted by atomic mass is 9.99. The third-order valence-corrected chi connectivity index (χ3v) is 5.87. The maximum Gasteiger partial charge on any atom is 0.340 e. The summed E-state index contributed by atoms with van der Waals surface area (Å²) in [4.78, 5) is 14.0. The Hall–Kier alpha value is -2.13. The Morgan fingerprint density at radius 3 is 2.65 bits per heavy atom. The molecule has 1 aromatic carbocycles. The predicted molar refractivity (Wildman–Crippen MR) is 82.9 cm³/mol. The van der Waals surface area contributed by atoms with Gasteiger partial charge in [-0.05, 0) is 37.1 Å². The number of benzene rings is 1. The number of nitrogens with zero attached hydrogens (tertiary/aromatic N) is 2. The van der Waals surface area contributed by atoms with Crippen LogP contribution in [0.3, 0.4) is 0 Å². The molecule has 2 aromatic rings. The molecule has 1 unspecified atom stereocenters. The van der Waals surface area contributed by atoms with Gasteiger partial charge in [-0.2, -0.15) is 9.40 Å². The summed E-state index contributed by atoms with van der Waals surface area (Å²) in [7, 11) is -2.04. The first-order chi connectivity index (χ1) is 11.0. The zero-order valence-electron chi connectivity index (χ0n) is 12.7. The average molecular weight is 338 g/mol. The average Bonchev–Trinajstić information content (AvgIpc) is 3.01. The van der Waals surface area contributed by atoms with Crippen molar-refractivity contribution in [2.75, 3.05) is 20.2 Å². The third-order valence-electron chi connectivity index (χ3n) is 3.99. The van der Waals surface area contributed by atoms with Gasteiger partial charge < -0.3 is 4.74 Å². The van der Waals surface area contributed by atoms with E-state index in [4.69, 9.17) is 4.74 Å². The van der Waals surface area contributed by atoms with Crippen LogP contribution in [-0.2, 0) is 10.0 Å². The molecule has 8 nitrogen and oxygen atoms in total. The second-order valence-corrected chi connectivity index (χ2v) is 7.38. The molecule has 23 heavy (non-hydrogen) atoms. The van der Waals surface area contributed by atoms with E-state index in [1.807, 2.05) is 0 Å². The van der Waals surface area contributed by atoms with Crippen LogP contribution in [0, 0.1) is 0 Å². The Labute approximate surface area is 133 Å². The highest BCUT2D eigenvalue weighted by atomic mass is 32.2. The van der Waals surface area contributed by atoms with Gasteiger partial charge in [-0.25, -0.2) is 18.3 Å². The molecule has 1 saturated heterocycles. The maximum atomic E-state index is 12.8. The molecule has 0 radical (unpaired) electrons. The summed E-state index contributed by atoms with van der Waals surface area (Å²) in [5.74, 6) is 0.995. The minimum absolute atomic E-state index is 0.115. The highest BCUT2D eigenvalue weighted by Gasteiger charge is 2.32. The van der Waals surface area contributed by atoms with Crippen LogP contribution in [0.1, 0.15) is 24.6 Å². The lowest BCUT2D eigenvalue weighted by Crippen LogP contribution is -2.39. The summed E-state index contributed by atoms with van der Waals surface area (Å²) >= 11 is 0. The zero-order valence-corrected chi connectivity index (χ0v) is 13.5. The zero-order chi connectivity index (χ0) is 16.4. The number of methoxy groups -OCH3 is 1. The lowest BCUT2D eigenvalue weighted by Gasteiger charge is -2.30. The summed E-state index contributed by atoms with van der Waals surface area (Å²) in [6.45, 7) is 0.759. The van der Waals surface area contributed by atoms with Crippen molar-refractivity contribution in [3.8, 4) is 5.75 Å². The molecule has 0 spiro atoms. The van der Waals surface area contributed by atoms with Crippen molar-refractivity contribution in [2.45, 2.75) is 23.7 Å². The van der Waals surface area contributed by atoms with E-state index in [0.29, 0.717) is 24.7 Å². The number of aromatic amines is 2. The van der Waals surface area contributed by atoms with Crippen LogP contribution >= 0.6 is 0 Å². The molecular formula is C14H18N4O4S. The highest BCUT2D eigenvalue weighted by Crippen LogP contribution is 2.28. The molecule has 0 amide bonds. The standard InChI is InChI=1S/C14H18N4O4S/c1-22-11-4-6-12(7-5-11)23(20,21)18-8-2-3-10(9-18)13-15-14(19)17-16-13/h4-7,10H,2-3,8-9H2,1H3,(H2,15,16,17,19). The molecule has 1 fully saturated rings. The van der Waals surface area contributed by atoms with Crippen molar-refractivity contribution in [1.29, 1.82) is 0 Å². The van der Waals surface area contributed by atoms with Crippen molar-refractivity contribution in [2.24, 2.45) is 0 Å². The van der Waals surface area contributed by atoms with Gasteiger partial charge in [0.25, 0.3) is 0 Å². The summed E-state index contributed by atoms with van der Waals surface area (Å²) in [5.41, 5.74) is -0.380. The Morgan fingerprint density at radius 1 is 1.30 bits per heavy atom. The molecule has 1 aliphatic rings. The molecule has 124 valence electrons.